The number of ether oxygens (including phenoxy) is 2. The molecule has 0 aliphatic carbocycles. The number of unbranched alkanes of at least 4 members (excludes halogenated alkanes) is 10. The molecule has 0 rings (SSSR count). The minimum absolute atomic E-state index is 0.120. The summed E-state index contributed by atoms with van der Waals surface area (Å²) in [6.07, 6.45) is 13.8. The van der Waals surface area contributed by atoms with Crippen LogP contribution < -0.4 is 0 Å². The summed E-state index contributed by atoms with van der Waals surface area (Å²) < 4.78 is 10.6. The van der Waals surface area contributed by atoms with Crippen LogP contribution in [0.5, 0.6) is 0 Å². The molecule has 4 heteroatoms. The molecule has 0 amide bonds. The van der Waals surface area contributed by atoms with Crippen LogP contribution in [0.1, 0.15) is 112 Å². The lowest BCUT2D eigenvalue weighted by Gasteiger charge is -2.24. The molecule has 0 aliphatic rings. The van der Waals surface area contributed by atoms with Gasteiger partial charge in [0.05, 0.1) is 13.2 Å². The van der Waals surface area contributed by atoms with Gasteiger partial charge in [-0.1, -0.05) is 91.9 Å². The maximum Gasteiger partial charge on any atom is 0.322 e. The average molecular weight is 385 g/mol. The number of carbonyl (C=O) groups excluding carboxylic acids is 2. The monoisotopic (exact) mass is 384 g/mol. The summed E-state index contributed by atoms with van der Waals surface area (Å²) in [7, 11) is 0. The molecule has 0 saturated heterocycles. The van der Waals surface area contributed by atoms with Crippen LogP contribution in [0.3, 0.4) is 0 Å². The summed E-state index contributed by atoms with van der Waals surface area (Å²) in [5, 5.41) is 0. The van der Waals surface area contributed by atoms with Crippen LogP contribution >= 0.6 is 0 Å². The van der Waals surface area contributed by atoms with Crippen molar-refractivity contribution >= 4 is 11.9 Å². The third kappa shape index (κ3) is 13.7. The summed E-state index contributed by atoms with van der Waals surface area (Å²) in [5.41, 5.74) is -1.37. The van der Waals surface area contributed by atoms with Crippen molar-refractivity contribution < 1.29 is 19.1 Å². The zero-order valence-corrected chi connectivity index (χ0v) is 18.8. The molecule has 0 aromatic heterocycles. The van der Waals surface area contributed by atoms with E-state index in [1.807, 2.05) is 20.8 Å². The predicted molar refractivity (Wildman–Crippen MR) is 112 cm³/mol. The second kappa shape index (κ2) is 14.0. The molecule has 0 spiro atoms. The number of rotatable bonds is 15. The summed E-state index contributed by atoms with van der Waals surface area (Å²) in [6.45, 7) is 12.0. The molecular formula is C23H44O4. The highest BCUT2D eigenvalue weighted by Crippen LogP contribution is 2.22. The minimum Gasteiger partial charge on any atom is -0.465 e. The van der Waals surface area contributed by atoms with E-state index in [9.17, 15) is 9.59 Å². The van der Waals surface area contributed by atoms with E-state index in [2.05, 4.69) is 6.92 Å². The van der Waals surface area contributed by atoms with Crippen LogP contribution in [0.2, 0.25) is 0 Å². The Kier molecular flexibility index (Phi) is 13.5. The van der Waals surface area contributed by atoms with Crippen molar-refractivity contribution in [1.82, 2.24) is 0 Å². The Bertz CT molecular complexity index is 407. The Labute approximate surface area is 167 Å². The zero-order valence-electron chi connectivity index (χ0n) is 18.8. The lowest BCUT2D eigenvalue weighted by molar-refractivity contribution is -0.171. The van der Waals surface area contributed by atoms with Crippen LogP contribution in [0.25, 0.3) is 0 Å². The van der Waals surface area contributed by atoms with E-state index in [0.29, 0.717) is 13.2 Å². The SMILES string of the molecule is CCCCCCCCCCCCCOC(=O)C(C)(C)C(=O)OCC(C)(C)C. The van der Waals surface area contributed by atoms with Crippen LogP contribution in [-0.4, -0.2) is 25.2 Å². The topological polar surface area (TPSA) is 52.6 Å². The highest BCUT2D eigenvalue weighted by atomic mass is 16.6. The van der Waals surface area contributed by atoms with E-state index < -0.39 is 17.4 Å². The molecule has 0 bridgehead atoms. The number of hydrogen-bond acceptors (Lipinski definition) is 4. The lowest BCUT2D eigenvalue weighted by atomic mass is 9.93. The zero-order chi connectivity index (χ0) is 20.8. The Morgan fingerprint density at radius 3 is 1.48 bits per heavy atom. The second-order valence-corrected chi connectivity index (χ2v) is 9.43. The van der Waals surface area contributed by atoms with Crippen molar-refractivity contribution in [2.24, 2.45) is 10.8 Å². The minimum atomic E-state index is -1.25. The normalized spacial score (nSPS) is 12.1. The molecular weight excluding hydrogens is 340 g/mol. The predicted octanol–water partition coefficient (Wildman–Crippen LogP) is 6.46. The van der Waals surface area contributed by atoms with Gasteiger partial charge in [-0.3, -0.25) is 9.59 Å². The molecule has 0 unspecified atom stereocenters. The fraction of sp³-hybridized carbons (Fsp3) is 0.913. The Hall–Kier alpha value is -1.06. The Morgan fingerprint density at radius 2 is 1.04 bits per heavy atom. The van der Waals surface area contributed by atoms with Crippen LogP contribution in [0.4, 0.5) is 0 Å². The summed E-state index contributed by atoms with van der Waals surface area (Å²) in [5.74, 6) is -1.00. The number of esters is 2. The van der Waals surface area contributed by atoms with E-state index in [0.717, 1.165) is 12.8 Å². The molecule has 0 heterocycles. The third-order valence-corrected chi connectivity index (χ3v) is 4.64. The van der Waals surface area contributed by atoms with Gasteiger partial charge in [-0.05, 0) is 25.7 Å². The molecule has 0 aliphatic heterocycles. The third-order valence-electron chi connectivity index (χ3n) is 4.64. The standard InChI is InChI=1S/C23H44O4/c1-7-8-9-10-11-12-13-14-15-16-17-18-26-20(24)23(5,6)21(25)27-19-22(2,3)4/h7-19H2,1-6H3. The van der Waals surface area contributed by atoms with E-state index in [1.54, 1.807) is 13.8 Å². The molecule has 0 aromatic rings. The first kappa shape index (κ1) is 25.9. The first-order valence-electron chi connectivity index (χ1n) is 11.0. The van der Waals surface area contributed by atoms with Crippen molar-refractivity contribution in [3.63, 3.8) is 0 Å². The van der Waals surface area contributed by atoms with E-state index in [-0.39, 0.29) is 5.41 Å². The van der Waals surface area contributed by atoms with Crippen LogP contribution in [0.15, 0.2) is 0 Å². The van der Waals surface area contributed by atoms with Gasteiger partial charge in [-0.2, -0.15) is 0 Å². The van der Waals surface area contributed by atoms with E-state index >= 15 is 0 Å². The smallest absolute Gasteiger partial charge is 0.322 e. The van der Waals surface area contributed by atoms with Crippen molar-refractivity contribution in [3.05, 3.63) is 0 Å². The Balaban J connectivity index is 3.73. The molecule has 0 aromatic carbocycles. The average Bonchev–Trinajstić information content (AvgIpc) is 2.59. The fourth-order valence-corrected chi connectivity index (χ4v) is 2.66. The lowest BCUT2D eigenvalue weighted by Crippen LogP contribution is -2.38. The molecule has 4 nitrogen and oxygen atoms in total. The van der Waals surface area contributed by atoms with Gasteiger partial charge < -0.3 is 9.47 Å². The Morgan fingerprint density at radius 1 is 0.630 bits per heavy atom. The molecule has 0 atom stereocenters. The molecule has 0 N–H and O–H groups in total. The molecule has 0 radical (unpaired) electrons. The second-order valence-electron chi connectivity index (χ2n) is 9.43. The van der Waals surface area contributed by atoms with Crippen molar-refractivity contribution in [1.29, 1.82) is 0 Å². The quantitative estimate of drug-likeness (QED) is 0.185. The van der Waals surface area contributed by atoms with Crippen molar-refractivity contribution in [3.8, 4) is 0 Å². The number of carbonyl (C=O) groups is 2. The summed E-state index contributed by atoms with van der Waals surface area (Å²) in [4.78, 5) is 24.3. The largest absolute Gasteiger partial charge is 0.465 e. The van der Waals surface area contributed by atoms with Gasteiger partial charge in [-0.25, -0.2) is 0 Å². The molecule has 27 heavy (non-hydrogen) atoms. The van der Waals surface area contributed by atoms with E-state index in [1.165, 1.54) is 57.8 Å². The van der Waals surface area contributed by atoms with Gasteiger partial charge in [0.25, 0.3) is 0 Å². The molecule has 0 fully saturated rings. The molecule has 160 valence electrons. The summed E-state index contributed by atoms with van der Waals surface area (Å²) >= 11 is 0. The number of hydrogen-bond donors (Lipinski definition) is 0. The van der Waals surface area contributed by atoms with Gasteiger partial charge in [0.1, 0.15) is 0 Å². The van der Waals surface area contributed by atoms with Gasteiger partial charge >= 0.3 is 11.9 Å². The highest BCUT2D eigenvalue weighted by molar-refractivity contribution is 5.99. The van der Waals surface area contributed by atoms with Gasteiger partial charge in [0, 0.05) is 0 Å². The van der Waals surface area contributed by atoms with Crippen molar-refractivity contribution in [2.75, 3.05) is 13.2 Å². The maximum absolute atomic E-state index is 12.2. The van der Waals surface area contributed by atoms with Gasteiger partial charge in [0.15, 0.2) is 5.41 Å². The first-order chi connectivity index (χ1) is 12.6. The molecule has 0 saturated carbocycles. The van der Waals surface area contributed by atoms with Gasteiger partial charge in [-0.15, -0.1) is 0 Å². The maximum atomic E-state index is 12.2. The van der Waals surface area contributed by atoms with Crippen molar-refractivity contribution in [2.45, 2.75) is 112 Å². The van der Waals surface area contributed by atoms with E-state index in [4.69, 9.17) is 9.47 Å². The first-order valence-corrected chi connectivity index (χ1v) is 11.0. The summed E-state index contributed by atoms with van der Waals surface area (Å²) in [6, 6.07) is 0. The van der Waals surface area contributed by atoms with Crippen LogP contribution in [-0.2, 0) is 19.1 Å². The fourth-order valence-electron chi connectivity index (χ4n) is 2.66. The highest BCUT2D eigenvalue weighted by Gasteiger charge is 2.39. The van der Waals surface area contributed by atoms with Crippen LogP contribution in [0, 0.1) is 10.8 Å². The van der Waals surface area contributed by atoms with Gasteiger partial charge in [0.2, 0.25) is 0 Å².